The van der Waals surface area contributed by atoms with Gasteiger partial charge in [-0.3, -0.25) is 4.98 Å². The predicted octanol–water partition coefficient (Wildman–Crippen LogP) is -0.569. The Balaban J connectivity index is 1.98. The molecule has 2 heterocycles. The van der Waals surface area contributed by atoms with Gasteiger partial charge < -0.3 is 39.4 Å². The lowest BCUT2D eigenvalue weighted by molar-refractivity contribution is -0.277. The number of ether oxygens (including phenoxy) is 4. The normalized spacial score (nSPS) is 28.8. The number of fused-ring (bicyclic) bond motifs is 1. The molecule has 2 aromatic rings. The molecule has 0 unspecified atom stereocenters. The Morgan fingerprint density at radius 1 is 1.04 bits per heavy atom. The van der Waals surface area contributed by atoms with Gasteiger partial charge in [-0.1, -0.05) is 0 Å². The highest BCUT2D eigenvalue weighted by Gasteiger charge is 2.44. The molecule has 3 rings (SSSR count). The zero-order chi connectivity index (χ0) is 18.8. The molecular weight excluding hydrogens is 346 g/mol. The molecule has 0 bridgehead atoms. The maximum absolute atomic E-state index is 10.2. The van der Waals surface area contributed by atoms with Gasteiger partial charge in [0.2, 0.25) is 6.29 Å². The highest BCUT2D eigenvalue weighted by molar-refractivity contribution is 5.92. The lowest BCUT2D eigenvalue weighted by Gasteiger charge is -2.39. The van der Waals surface area contributed by atoms with Crippen LogP contribution in [0.15, 0.2) is 24.4 Å². The number of nitrogens with zero attached hydrogens (tertiary/aromatic N) is 1. The summed E-state index contributed by atoms with van der Waals surface area (Å²) in [4.78, 5) is 4.26. The van der Waals surface area contributed by atoms with Crippen LogP contribution in [0.4, 0.5) is 0 Å². The van der Waals surface area contributed by atoms with E-state index in [-0.39, 0.29) is 0 Å². The van der Waals surface area contributed by atoms with E-state index in [1.54, 1.807) is 18.2 Å². The Kier molecular flexibility index (Phi) is 5.44. The number of methoxy groups -OCH3 is 2. The highest BCUT2D eigenvalue weighted by Crippen LogP contribution is 2.37. The van der Waals surface area contributed by atoms with Crippen LogP contribution in [0.25, 0.3) is 10.9 Å². The van der Waals surface area contributed by atoms with Crippen LogP contribution in [0.5, 0.6) is 17.2 Å². The summed E-state index contributed by atoms with van der Waals surface area (Å²) in [7, 11) is 3.01. The van der Waals surface area contributed by atoms with Crippen molar-refractivity contribution in [2.45, 2.75) is 30.7 Å². The van der Waals surface area contributed by atoms with Gasteiger partial charge in [-0.2, -0.15) is 0 Å². The topological polar surface area (TPSA) is 131 Å². The fourth-order valence-electron chi connectivity index (χ4n) is 2.86. The zero-order valence-corrected chi connectivity index (χ0v) is 14.3. The Morgan fingerprint density at radius 2 is 1.81 bits per heavy atom. The van der Waals surface area contributed by atoms with Crippen molar-refractivity contribution in [2.75, 3.05) is 20.8 Å². The average molecular weight is 367 g/mol. The third kappa shape index (κ3) is 3.27. The van der Waals surface area contributed by atoms with E-state index >= 15 is 0 Å². The standard InChI is InChI=1S/C17H21NO8/c1-23-8-5-9-13(11(6-8)24-2)10(3-4-18-9)25-17-16(22)15(21)14(20)12(7-19)26-17/h3-6,12,14-17,19-22H,7H2,1-2H3/t12-,14-,15+,16-,17-/m1/s1. The van der Waals surface area contributed by atoms with Crippen LogP contribution < -0.4 is 14.2 Å². The summed E-state index contributed by atoms with van der Waals surface area (Å²) in [6, 6.07) is 4.90. The van der Waals surface area contributed by atoms with E-state index in [0.29, 0.717) is 28.2 Å². The molecule has 9 nitrogen and oxygen atoms in total. The third-order valence-electron chi connectivity index (χ3n) is 4.29. The lowest BCUT2D eigenvalue weighted by Crippen LogP contribution is -2.60. The molecule has 1 aromatic heterocycles. The smallest absolute Gasteiger partial charge is 0.229 e. The van der Waals surface area contributed by atoms with Crippen molar-refractivity contribution in [1.82, 2.24) is 4.98 Å². The number of pyridine rings is 1. The zero-order valence-electron chi connectivity index (χ0n) is 14.3. The summed E-state index contributed by atoms with van der Waals surface area (Å²) in [6.07, 6.45) is -5.36. The van der Waals surface area contributed by atoms with Crippen molar-refractivity contribution in [3.05, 3.63) is 24.4 Å². The number of aromatic nitrogens is 1. The minimum absolute atomic E-state index is 0.291. The molecule has 1 saturated heterocycles. The van der Waals surface area contributed by atoms with Gasteiger partial charge >= 0.3 is 0 Å². The summed E-state index contributed by atoms with van der Waals surface area (Å²) >= 11 is 0. The van der Waals surface area contributed by atoms with E-state index in [2.05, 4.69) is 4.98 Å². The summed E-state index contributed by atoms with van der Waals surface area (Å²) in [5.74, 6) is 1.28. The molecule has 1 aliphatic rings. The van der Waals surface area contributed by atoms with E-state index in [0.717, 1.165) is 0 Å². The van der Waals surface area contributed by atoms with E-state index < -0.39 is 37.3 Å². The van der Waals surface area contributed by atoms with Gasteiger partial charge in [0.25, 0.3) is 0 Å². The van der Waals surface area contributed by atoms with Gasteiger partial charge in [0.05, 0.1) is 31.7 Å². The molecule has 26 heavy (non-hydrogen) atoms. The van der Waals surface area contributed by atoms with E-state index in [4.69, 9.17) is 18.9 Å². The second kappa shape index (κ2) is 7.60. The summed E-state index contributed by atoms with van der Waals surface area (Å²) < 4.78 is 21.7. The first-order valence-corrected chi connectivity index (χ1v) is 7.98. The number of aliphatic hydroxyl groups excluding tert-OH is 4. The van der Waals surface area contributed by atoms with E-state index in [1.807, 2.05) is 0 Å². The number of benzene rings is 1. The van der Waals surface area contributed by atoms with Crippen LogP contribution in [-0.2, 0) is 4.74 Å². The number of hydrogen-bond acceptors (Lipinski definition) is 9. The van der Waals surface area contributed by atoms with Crippen LogP contribution in [0.1, 0.15) is 0 Å². The molecular formula is C17H21NO8. The monoisotopic (exact) mass is 367 g/mol. The fourth-order valence-corrected chi connectivity index (χ4v) is 2.86. The van der Waals surface area contributed by atoms with E-state index in [9.17, 15) is 20.4 Å². The van der Waals surface area contributed by atoms with Gasteiger partial charge in [0.15, 0.2) is 0 Å². The van der Waals surface area contributed by atoms with Crippen molar-refractivity contribution in [3.63, 3.8) is 0 Å². The predicted molar refractivity (Wildman–Crippen MR) is 89.2 cm³/mol. The van der Waals surface area contributed by atoms with Crippen molar-refractivity contribution < 1.29 is 39.4 Å². The molecule has 4 N–H and O–H groups in total. The Hall–Kier alpha value is -2.17. The number of aliphatic hydroxyl groups is 4. The molecule has 1 aromatic carbocycles. The minimum Gasteiger partial charge on any atom is -0.497 e. The summed E-state index contributed by atoms with van der Waals surface area (Å²) in [5.41, 5.74) is 0.531. The number of hydrogen-bond donors (Lipinski definition) is 4. The molecule has 5 atom stereocenters. The Morgan fingerprint density at radius 3 is 2.46 bits per heavy atom. The molecule has 0 aliphatic carbocycles. The summed E-state index contributed by atoms with van der Waals surface area (Å²) in [6.45, 7) is -0.539. The Bertz CT molecular complexity index is 768. The molecule has 1 fully saturated rings. The maximum Gasteiger partial charge on any atom is 0.229 e. The molecule has 142 valence electrons. The number of rotatable bonds is 5. The largest absolute Gasteiger partial charge is 0.497 e. The van der Waals surface area contributed by atoms with Gasteiger partial charge in [0, 0.05) is 18.3 Å². The van der Waals surface area contributed by atoms with Crippen LogP contribution in [0.2, 0.25) is 0 Å². The molecule has 0 spiro atoms. The van der Waals surface area contributed by atoms with Crippen molar-refractivity contribution in [2.24, 2.45) is 0 Å². The second-order valence-electron chi connectivity index (χ2n) is 5.85. The minimum atomic E-state index is -1.53. The third-order valence-corrected chi connectivity index (χ3v) is 4.29. The van der Waals surface area contributed by atoms with Crippen LogP contribution in [0, 0.1) is 0 Å². The van der Waals surface area contributed by atoms with Crippen LogP contribution in [-0.4, -0.2) is 76.9 Å². The first kappa shape index (κ1) is 18.6. The molecule has 0 amide bonds. The average Bonchev–Trinajstić information content (AvgIpc) is 2.67. The van der Waals surface area contributed by atoms with Crippen molar-refractivity contribution in [1.29, 1.82) is 0 Å². The maximum atomic E-state index is 10.2. The molecule has 9 heteroatoms. The molecule has 1 aliphatic heterocycles. The quantitative estimate of drug-likeness (QED) is 0.549. The van der Waals surface area contributed by atoms with Gasteiger partial charge in [-0.15, -0.1) is 0 Å². The lowest BCUT2D eigenvalue weighted by atomic mass is 9.99. The molecule has 0 radical (unpaired) electrons. The van der Waals surface area contributed by atoms with Crippen LogP contribution >= 0.6 is 0 Å². The highest BCUT2D eigenvalue weighted by atomic mass is 16.7. The van der Waals surface area contributed by atoms with Crippen LogP contribution in [0.3, 0.4) is 0 Å². The summed E-state index contributed by atoms with van der Waals surface area (Å²) in [5, 5.41) is 39.7. The first-order chi connectivity index (χ1) is 12.5. The Labute approximate surface area is 149 Å². The second-order valence-corrected chi connectivity index (χ2v) is 5.85. The molecule has 0 saturated carbocycles. The van der Waals surface area contributed by atoms with Crippen molar-refractivity contribution >= 4 is 10.9 Å². The van der Waals surface area contributed by atoms with Crippen molar-refractivity contribution in [3.8, 4) is 17.2 Å². The van der Waals surface area contributed by atoms with Gasteiger partial charge in [0.1, 0.15) is 41.7 Å². The van der Waals surface area contributed by atoms with Gasteiger partial charge in [-0.25, -0.2) is 0 Å². The van der Waals surface area contributed by atoms with E-state index in [1.165, 1.54) is 20.4 Å². The van der Waals surface area contributed by atoms with Gasteiger partial charge in [-0.05, 0) is 6.07 Å². The first-order valence-electron chi connectivity index (χ1n) is 7.98. The fraction of sp³-hybridized carbons (Fsp3) is 0.471. The SMILES string of the molecule is COc1cc(OC)c2c(O[C@@H]3O[C@H](CO)[C@@H](O)[C@H](O)[C@H]3O)ccnc2c1.